The Morgan fingerprint density at radius 2 is 1.67 bits per heavy atom. The summed E-state index contributed by atoms with van der Waals surface area (Å²) in [6, 6.07) is 14.8. The van der Waals surface area contributed by atoms with Crippen LogP contribution >= 0.6 is 11.3 Å². The van der Waals surface area contributed by atoms with Crippen LogP contribution in [0, 0.1) is 10.1 Å². The van der Waals surface area contributed by atoms with Gasteiger partial charge in [-0.1, -0.05) is 6.07 Å². The van der Waals surface area contributed by atoms with Crippen LogP contribution in [-0.2, 0) is 10.0 Å². The van der Waals surface area contributed by atoms with Gasteiger partial charge in [-0.3, -0.25) is 19.6 Å². The van der Waals surface area contributed by atoms with Crippen LogP contribution in [0.5, 0.6) is 0 Å². The molecule has 0 unspecified atom stereocenters. The second-order valence-electron chi connectivity index (χ2n) is 6.06. The van der Waals surface area contributed by atoms with Crippen molar-refractivity contribution >= 4 is 44.4 Å². The highest BCUT2D eigenvalue weighted by Gasteiger charge is 2.15. The molecule has 9 nitrogen and oxygen atoms in total. The number of benzene rings is 2. The Balaban J connectivity index is 1.64. The minimum absolute atomic E-state index is 0.0367. The average molecular weight is 444 g/mol. The Morgan fingerprint density at radius 3 is 2.23 bits per heavy atom. The van der Waals surface area contributed by atoms with Crippen LogP contribution in [0.1, 0.15) is 22.8 Å². The molecule has 1 aromatic heterocycles. The molecule has 30 heavy (non-hydrogen) atoms. The normalized spacial score (nSPS) is 11.7. The highest BCUT2D eigenvalue weighted by Crippen LogP contribution is 2.20. The molecule has 1 heterocycles. The van der Waals surface area contributed by atoms with Crippen LogP contribution in [0.25, 0.3) is 0 Å². The average Bonchev–Trinajstić information content (AvgIpc) is 3.28. The van der Waals surface area contributed by atoms with E-state index in [1.54, 1.807) is 18.4 Å². The topological polar surface area (TPSA) is 131 Å². The third-order valence-electron chi connectivity index (χ3n) is 3.98. The van der Waals surface area contributed by atoms with E-state index in [1.807, 2.05) is 0 Å². The van der Waals surface area contributed by atoms with Gasteiger partial charge in [0, 0.05) is 23.4 Å². The van der Waals surface area contributed by atoms with Crippen molar-refractivity contribution in [2.45, 2.75) is 11.1 Å². The fourth-order valence-electron chi connectivity index (χ4n) is 2.40. The number of non-ortho nitro benzene ring substituents is 1. The highest BCUT2D eigenvalue weighted by molar-refractivity contribution is 7.94. The third kappa shape index (κ3) is 5.07. The first-order chi connectivity index (χ1) is 14.3. The Bertz CT molecular complexity index is 1190. The van der Waals surface area contributed by atoms with Gasteiger partial charge in [0.05, 0.1) is 10.6 Å². The SMILES string of the molecule is C/C(=N\NC(=O)c1ccc(NS(=O)(=O)c2cccs2)cc1)c1ccc([N+](=O)[O-])cc1. The first kappa shape index (κ1) is 21.1. The van der Waals surface area contributed by atoms with Crippen molar-refractivity contribution in [3.63, 3.8) is 0 Å². The third-order valence-corrected chi connectivity index (χ3v) is 6.76. The van der Waals surface area contributed by atoms with Crippen LogP contribution in [-0.4, -0.2) is 25.0 Å². The van der Waals surface area contributed by atoms with Crippen molar-refractivity contribution in [1.82, 2.24) is 5.43 Å². The molecule has 3 rings (SSSR count). The summed E-state index contributed by atoms with van der Waals surface area (Å²) in [5.74, 6) is -0.482. The summed E-state index contributed by atoms with van der Waals surface area (Å²) in [6.07, 6.45) is 0. The van der Waals surface area contributed by atoms with E-state index in [1.165, 1.54) is 54.6 Å². The predicted molar refractivity (Wildman–Crippen MR) is 114 cm³/mol. The number of anilines is 1. The maximum absolute atomic E-state index is 12.3. The molecule has 2 N–H and O–H groups in total. The number of nitro groups is 1. The molecule has 154 valence electrons. The van der Waals surface area contributed by atoms with Gasteiger partial charge in [0.1, 0.15) is 4.21 Å². The molecule has 2 aromatic carbocycles. The number of nitrogens with zero attached hydrogens (tertiary/aromatic N) is 2. The number of nitrogens with one attached hydrogen (secondary N) is 2. The standard InChI is InChI=1S/C19H16N4O5S2/c1-13(14-6-10-17(11-7-14)23(25)26)20-21-19(24)15-4-8-16(9-5-15)22-30(27,28)18-3-2-12-29-18/h2-12,22H,1H3,(H,21,24)/b20-13+. The molecule has 11 heteroatoms. The van der Waals surface area contributed by atoms with Gasteiger partial charge < -0.3 is 0 Å². The highest BCUT2D eigenvalue weighted by atomic mass is 32.2. The number of sulfonamides is 1. The molecule has 0 aliphatic heterocycles. The zero-order valence-corrected chi connectivity index (χ0v) is 17.2. The molecule has 0 radical (unpaired) electrons. The molecule has 0 atom stereocenters. The van der Waals surface area contributed by atoms with E-state index in [4.69, 9.17) is 0 Å². The number of hydrogen-bond donors (Lipinski definition) is 2. The molecule has 0 aliphatic rings. The molecule has 0 bridgehead atoms. The van der Waals surface area contributed by atoms with Crippen molar-refractivity contribution in [2.75, 3.05) is 4.72 Å². The van der Waals surface area contributed by atoms with E-state index in [-0.39, 0.29) is 15.5 Å². The van der Waals surface area contributed by atoms with Crippen LogP contribution in [0.3, 0.4) is 0 Å². The first-order valence-corrected chi connectivity index (χ1v) is 10.9. The number of nitro benzene ring substituents is 1. The van der Waals surface area contributed by atoms with Crippen molar-refractivity contribution < 1.29 is 18.1 Å². The lowest BCUT2D eigenvalue weighted by Crippen LogP contribution is -2.19. The molecule has 0 saturated heterocycles. The van der Waals surface area contributed by atoms with Gasteiger partial charge in [-0.25, -0.2) is 13.8 Å². The fourth-order valence-corrected chi connectivity index (χ4v) is 4.45. The van der Waals surface area contributed by atoms with E-state index in [9.17, 15) is 23.3 Å². The van der Waals surface area contributed by atoms with Gasteiger partial charge >= 0.3 is 0 Å². The lowest BCUT2D eigenvalue weighted by molar-refractivity contribution is -0.384. The van der Waals surface area contributed by atoms with Gasteiger partial charge in [0.15, 0.2) is 0 Å². The second-order valence-corrected chi connectivity index (χ2v) is 8.91. The number of hydrazone groups is 1. The second kappa shape index (κ2) is 8.84. The lowest BCUT2D eigenvalue weighted by Gasteiger charge is -2.07. The summed E-state index contributed by atoms with van der Waals surface area (Å²) >= 11 is 1.10. The zero-order chi connectivity index (χ0) is 21.7. The number of rotatable bonds is 7. The Hall–Kier alpha value is -3.57. The summed E-state index contributed by atoms with van der Waals surface area (Å²) in [5, 5.41) is 16.4. The number of thiophene rings is 1. The van der Waals surface area contributed by atoms with Crippen LogP contribution in [0.4, 0.5) is 11.4 Å². The lowest BCUT2D eigenvalue weighted by atomic mass is 10.1. The van der Waals surface area contributed by atoms with Crippen LogP contribution < -0.4 is 10.1 Å². The van der Waals surface area contributed by atoms with Crippen molar-refractivity contribution in [1.29, 1.82) is 0 Å². The Morgan fingerprint density at radius 1 is 1.03 bits per heavy atom. The first-order valence-electron chi connectivity index (χ1n) is 8.52. The van der Waals surface area contributed by atoms with E-state index in [0.29, 0.717) is 17.0 Å². The van der Waals surface area contributed by atoms with Crippen molar-refractivity contribution in [3.05, 3.63) is 87.3 Å². The monoisotopic (exact) mass is 444 g/mol. The molecular weight excluding hydrogens is 428 g/mol. The largest absolute Gasteiger partial charge is 0.279 e. The number of amides is 1. The summed E-state index contributed by atoms with van der Waals surface area (Å²) in [6.45, 7) is 1.66. The summed E-state index contributed by atoms with van der Waals surface area (Å²) in [7, 11) is -3.66. The molecule has 0 saturated carbocycles. The van der Waals surface area contributed by atoms with E-state index in [2.05, 4.69) is 15.2 Å². The van der Waals surface area contributed by atoms with E-state index >= 15 is 0 Å². The minimum Gasteiger partial charge on any atom is -0.279 e. The van der Waals surface area contributed by atoms with Crippen LogP contribution in [0.2, 0.25) is 0 Å². The molecule has 0 fully saturated rings. The van der Waals surface area contributed by atoms with Gasteiger partial charge in [-0.05, 0) is 60.3 Å². The fraction of sp³-hybridized carbons (Fsp3) is 0.0526. The smallest absolute Gasteiger partial charge is 0.271 e. The van der Waals surface area contributed by atoms with Gasteiger partial charge in [-0.2, -0.15) is 5.10 Å². The number of hydrogen-bond acceptors (Lipinski definition) is 7. The number of carbonyl (C=O) groups is 1. The maximum Gasteiger partial charge on any atom is 0.271 e. The Kier molecular flexibility index (Phi) is 6.23. The zero-order valence-electron chi connectivity index (χ0n) is 15.6. The van der Waals surface area contributed by atoms with Crippen molar-refractivity contribution in [2.24, 2.45) is 5.10 Å². The quantitative estimate of drug-likeness (QED) is 0.326. The minimum atomic E-state index is -3.66. The molecule has 3 aromatic rings. The predicted octanol–water partition coefficient (Wildman–Crippen LogP) is 3.61. The number of carbonyl (C=O) groups excluding carboxylic acids is 1. The van der Waals surface area contributed by atoms with Crippen molar-refractivity contribution in [3.8, 4) is 0 Å². The van der Waals surface area contributed by atoms with Gasteiger partial charge in [0.2, 0.25) is 0 Å². The Labute approximate surface area is 176 Å². The van der Waals surface area contributed by atoms with E-state index in [0.717, 1.165) is 11.3 Å². The van der Waals surface area contributed by atoms with E-state index < -0.39 is 20.9 Å². The molecule has 0 aliphatic carbocycles. The molecule has 0 spiro atoms. The summed E-state index contributed by atoms with van der Waals surface area (Å²) in [5.41, 5.74) is 4.07. The van der Waals surface area contributed by atoms with Gasteiger partial charge in [-0.15, -0.1) is 11.3 Å². The van der Waals surface area contributed by atoms with Gasteiger partial charge in [0.25, 0.3) is 21.6 Å². The molecular formula is C19H16N4O5S2. The van der Waals surface area contributed by atoms with Crippen LogP contribution in [0.15, 0.2) is 75.4 Å². The summed E-state index contributed by atoms with van der Waals surface area (Å²) in [4.78, 5) is 22.5. The summed E-state index contributed by atoms with van der Waals surface area (Å²) < 4.78 is 27.1. The molecule has 1 amide bonds. The maximum atomic E-state index is 12.3.